The van der Waals surface area contributed by atoms with Crippen molar-refractivity contribution >= 4 is 11.1 Å². The van der Waals surface area contributed by atoms with Gasteiger partial charge in [0, 0.05) is 6.07 Å². The minimum Gasteiger partial charge on any atom is -0.302 e. The van der Waals surface area contributed by atoms with E-state index in [0.717, 1.165) is 12.1 Å². The molecule has 0 radical (unpaired) electrons. The lowest BCUT2D eigenvalue weighted by Gasteiger charge is -1.95. The molecule has 0 heterocycles. The lowest BCUT2D eigenvalue weighted by atomic mass is 10.3. The van der Waals surface area contributed by atoms with Crippen molar-refractivity contribution in [2.45, 2.75) is 4.90 Å². The fourth-order valence-corrected chi connectivity index (χ4v) is 1.03. The van der Waals surface area contributed by atoms with Crippen molar-refractivity contribution in [3.63, 3.8) is 0 Å². The first-order valence-electron chi connectivity index (χ1n) is 2.67. The Bertz CT molecular complexity index is 301. The van der Waals surface area contributed by atoms with Crippen molar-refractivity contribution in [3.8, 4) is 0 Å². The van der Waals surface area contributed by atoms with Gasteiger partial charge in [0.2, 0.25) is 0 Å². The van der Waals surface area contributed by atoms with Gasteiger partial charge in [-0.1, -0.05) is 0 Å². The van der Waals surface area contributed by atoms with Gasteiger partial charge in [-0.15, -0.1) is 0 Å². The van der Waals surface area contributed by atoms with E-state index in [-0.39, 0.29) is 0 Å². The largest absolute Gasteiger partial charge is 0.302 e. The highest BCUT2D eigenvalue weighted by molar-refractivity contribution is 7.79. The molecule has 1 aromatic rings. The molecule has 0 spiro atoms. The standard InChI is InChI=1S/C6H4F2O2S/c7-4-1-2-6(11(9)10)5(8)3-4/h1-3H,(H,9,10). The fourth-order valence-electron chi connectivity index (χ4n) is 0.617. The lowest BCUT2D eigenvalue weighted by molar-refractivity contribution is 0.534. The van der Waals surface area contributed by atoms with Crippen molar-refractivity contribution in [1.82, 2.24) is 0 Å². The zero-order valence-electron chi connectivity index (χ0n) is 5.25. The zero-order valence-corrected chi connectivity index (χ0v) is 6.07. The van der Waals surface area contributed by atoms with Crippen LogP contribution in [0, 0.1) is 11.6 Å². The molecule has 5 heteroatoms. The molecule has 2 nitrogen and oxygen atoms in total. The van der Waals surface area contributed by atoms with Crippen LogP contribution < -0.4 is 0 Å². The van der Waals surface area contributed by atoms with Gasteiger partial charge in [0.05, 0.1) is 0 Å². The second kappa shape index (κ2) is 3.06. The van der Waals surface area contributed by atoms with Crippen LogP contribution in [-0.2, 0) is 11.1 Å². The topological polar surface area (TPSA) is 37.3 Å². The van der Waals surface area contributed by atoms with Crippen molar-refractivity contribution in [1.29, 1.82) is 0 Å². The summed E-state index contributed by atoms with van der Waals surface area (Å²) >= 11 is -2.39. The monoisotopic (exact) mass is 178 g/mol. The Hall–Kier alpha value is -0.810. The Labute approximate surface area is 64.1 Å². The summed E-state index contributed by atoms with van der Waals surface area (Å²) in [5.74, 6) is -1.78. The van der Waals surface area contributed by atoms with Crippen LogP contribution in [0.25, 0.3) is 0 Å². The van der Waals surface area contributed by atoms with Crippen LogP contribution in [0.3, 0.4) is 0 Å². The molecular weight excluding hydrogens is 174 g/mol. The first-order valence-corrected chi connectivity index (χ1v) is 3.78. The minimum atomic E-state index is -2.39. The summed E-state index contributed by atoms with van der Waals surface area (Å²) in [6, 6.07) is 2.41. The van der Waals surface area contributed by atoms with E-state index >= 15 is 0 Å². The minimum absolute atomic E-state index is 0.411. The number of hydrogen-bond donors (Lipinski definition) is 1. The third-order valence-electron chi connectivity index (χ3n) is 1.08. The summed E-state index contributed by atoms with van der Waals surface area (Å²) < 4.78 is 43.4. The molecule has 1 N–H and O–H groups in total. The van der Waals surface area contributed by atoms with Crippen molar-refractivity contribution < 1.29 is 17.5 Å². The maximum absolute atomic E-state index is 12.5. The third-order valence-corrected chi connectivity index (χ3v) is 1.79. The van der Waals surface area contributed by atoms with Crippen LogP contribution in [-0.4, -0.2) is 8.76 Å². The summed E-state index contributed by atoms with van der Waals surface area (Å²) in [6.07, 6.45) is 0. The molecule has 11 heavy (non-hydrogen) atoms. The van der Waals surface area contributed by atoms with Gasteiger partial charge in [0.1, 0.15) is 16.5 Å². The van der Waals surface area contributed by atoms with Gasteiger partial charge in [-0.2, -0.15) is 0 Å². The molecule has 1 unspecified atom stereocenters. The highest BCUT2D eigenvalue weighted by atomic mass is 32.2. The summed E-state index contributed by atoms with van der Waals surface area (Å²) in [6.45, 7) is 0. The molecule has 1 rings (SSSR count). The van der Waals surface area contributed by atoms with Gasteiger partial charge in [0.15, 0.2) is 11.1 Å². The van der Waals surface area contributed by atoms with Crippen LogP contribution in [0.2, 0.25) is 0 Å². The first-order chi connectivity index (χ1) is 5.11. The molecule has 0 saturated heterocycles. The SMILES string of the molecule is O=S(O)c1ccc(F)cc1F. The molecular formula is C6H4F2O2S. The Morgan fingerprint density at radius 1 is 1.36 bits per heavy atom. The Balaban J connectivity index is 3.20. The Morgan fingerprint density at radius 2 is 2.00 bits per heavy atom. The van der Waals surface area contributed by atoms with Crippen LogP contribution in [0.4, 0.5) is 8.78 Å². The predicted octanol–water partition coefficient (Wildman–Crippen LogP) is 1.55. The van der Waals surface area contributed by atoms with E-state index in [1.807, 2.05) is 0 Å². The third kappa shape index (κ3) is 1.81. The molecule has 0 amide bonds. The summed E-state index contributed by atoms with van der Waals surface area (Å²) in [5.41, 5.74) is 0. The van der Waals surface area contributed by atoms with E-state index in [1.165, 1.54) is 0 Å². The van der Waals surface area contributed by atoms with Gasteiger partial charge >= 0.3 is 0 Å². The normalized spacial score (nSPS) is 13.0. The van der Waals surface area contributed by atoms with Gasteiger partial charge < -0.3 is 4.55 Å². The number of rotatable bonds is 1. The van der Waals surface area contributed by atoms with E-state index in [2.05, 4.69) is 0 Å². The Kier molecular flexibility index (Phi) is 2.31. The second-order valence-corrected chi connectivity index (χ2v) is 2.76. The van der Waals surface area contributed by atoms with E-state index < -0.39 is 27.6 Å². The quantitative estimate of drug-likeness (QED) is 0.662. The highest BCUT2D eigenvalue weighted by Crippen LogP contribution is 2.11. The average Bonchev–Trinajstić information content (AvgIpc) is 1.85. The first kappa shape index (κ1) is 8.29. The highest BCUT2D eigenvalue weighted by Gasteiger charge is 2.07. The lowest BCUT2D eigenvalue weighted by Crippen LogP contribution is -1.93. The average molecular weight is 178 g/mol. The van der Waals surface area contributed by atoms with E-state index in [1.54, 1.807) is 0 Å². The number of halogens is 2. The molecule has 60 valence electrons. The molecule has 0 aliphatic carbocycles. The molecule has 0 fully saturated rings. The van der Waals surface area contributed by atoms with Gasteiger partial charge in [-0.25, -0.2) is 13.0 Å². The predicted molar refractivity (Wildman–Crippen MR) is 35.4 cm³/mol. The van der Waals surface area contributed by atoms with Crippen LogP contribution >= 0.6 is 0 Å². The second-order valence-electron chi connectivity index (χ2n) is 1.82. The maximum atomic E-state index is 12.5. The summed E-state index contributed by atoms with van der Waals surface area (Å²) in [4.78, 5) is -0.411. The van der Waals surface area contributed by atoms with Crippen molar-refractivity contribution in [3.05, 3.63) is 29.8 Å². The summed E-state index contributed by atoms with van der Waals surface area (Å²) in [5, 5.41) is 0. The maximum Gasteiger partial charge on any atom is 0.189 e. The molecule has 1 aromatic carbocycles. The van der Waals surface area contributed by atoms with Crippen molar-refractivity contribution in [2.75, 3.05) is 0 Å². The molecule has 0 aliphatic heterocycles. The summed E-state index contributed by atoms with van der Waals surface area (Å²) in [7, 11) is 0. The number of benzene rings is 1. The number of hydrogen-bond acceptors (Lipinski definition) is 1. The van der Waals surface area contributed by atoms with E-state index in [0.29, 0.717) is 6.07 Å². The van der Waals surface area contributed by atoms with Crippen LogP contribution in [0.1, 0.15) is 0 Å². The fraction of sp³-hybridized carbons (Fsp3) is 0. The van der Waals surface area contributed by atoms with Crippen LogP contribution in [0.15, 0.2) is 23.1 Å². The Morgan fingerprint density at radius 3 is 2.45 bits per heavy atom. The molecule has 1 atom stereocenters. The van der Waals surface area contributed by atoms with Crippen LogP contribution in [0.5, 0.6) is 0 Å². The molecule has 0 aliphatic rings. The van der Waals surface area contributed by atoms with E-state index in [4.69, 9.17) is 4.55 Å². The zero-order chi connectivity index (χ0) is 8.43. The molecule has 0 aromatic heterocycles. The smallest absolute Gasteiger partial charge is 0.189 e. The molecule has 0 bridgehead atoms. The molecule has 0 saturated carbocycles. The van der Waals surface area contributed by atoms with Gasteiger partial charge in [-0.3, -0.25) is 0 Å². The van der Waals surface area contributed by atoms with E-state index in [9.17, 15) is 13.0 Å². The van der Waals surface area contributed by atoms with Gasteiger partial charge in [-0.05, 0) is 12.1 Å². The van der Waals surface area contributed by atoms with Gasteiger partial charge in [0.25, 0.3) is 0 Å². The van der Waals surface area contributed by atoms with Crippen molar-refractivity contribution in [2.24, 2.45) is 0 Å².